The minimum Gasteiger partial charge on any atom is -0.388 e. The van der Waals surface area contributed by atoms with Gasteiger partial charge in [0.15, 0.2) is 6.29 Å². The minimum atomic E-state index is -1.14. The van der Waals surface area contributed by atoms with Crippen LogP contribution < -0.4 is 0 Å². The Morgan fingerprint density at radius 2 is 1.73 bits per heavy atom. The Balaban J connectivity index is 0.975. The van der Waals surface area contributed by atoms with E-state index < -0.39 is 11.7 Å². The normalized spacial score (nSPS) is 50.8. The molecule has 4 unspecified atom stereocenters. The number of aliphatic hydroxyl groups is 2. The summed E-state index contributed by atoms with van der Waals surface area (Å²) in [6, 6.07) is 0. The Morgan fingerprint density at radius 1 is 0.978 bits per heavy atom. The van der Waals surface area contributed by atoms with Gasteiger partial charge < -0.3 is 29.3 Å². The highest BCUT2D eigenvalue weighted by Gasteiger charge is 2.84. The fraction of sp³-hybridized carbons (Fsp3) is 0.974. The van der Waals surface area contributed by atoms with Gasteiger partial charge in [-0.3, -0.25) is 4.79 Å². The smallest absolute Gasteiger partial charge is 0.223 e. The van der Waals surface area contributed by atoms with E-state index in [9.17, 15) is 15.0 Å². The third-order valence-electron chi connectivity index (χ3n) is 16.2. The van der Waals surface area contributed by atoms with Gasteiger partial charge in [-0.05, 0) is 142 Å². The molecule has 2 N–H and O–H groups in total. The maximum absolute atomic E-state index is 12.9. The largest absolute Gasteiger partial charge is 0.388 e. The monoisotopic (exact) mass is 627 g/mol. The molecule has 2 saturated heterocycles. The van der Waals surface area contributed by atoms with E-state index in [4.69, 9.17) is 14.2 Å². The second-order valence-corrected chi connectivity index (χ2v) is 18.7. The van der Waals surface area contributed by atoms with Crippen molar-refractivity contribution in [3.63, 3.8) is 0 Å². The van der Waals surface area contributed by atoms with E-state index in [0.717, 1.165) is 37.5 Å². The quantitative estimate of drug-likeness (QED) is 0.379. The third kappa shape index (κ3) is 4.48. The zero-order chi connectivity index (χ0) is 31.7. The summed E-state index contributed by atoms with van der Waals surface area (Å²) in [5.41, 5.74) is 0.0945. The highest BCUT2D eigenvalue weighted by molar-refractivity contribution is 5.76. The molecule has 6 aliphatic carbocycles. The van der Waals surface area contributed by atoms with Crippen molar-refractivity contribution in [2.45, 2.75) is 155 Å². The Hall–Kier alpha value is -0.730. The summed E-state index contributed by atoms with van der Waals surface area (Å²) < 4.78 is 19.7. The van der Waals surface area contributed by atoms with Crippen LogP contribution in [0.25, 0.3) is 0 Å². The lowest BCUT2D eigenvalue weighted by Crippen LogP contribution is -2.56. The number of ether oxygens (including phenoxy) is 3. The topological polar surface area (TPSA) is 88.5 Å². The minimum absolute atomic E-state index is 0.0681. The molecule has 0 bridgehead atoms. The second-order valence-electron chi connectivity index (χ2n) is 18.7. The lowest BCUT2D eigenvalue weighted by molar-refractivity contribution is -0.244. The first-order valence-electron chi connectivity index (χ1n) is 18.8. The summed E-state index contributed by atoms with van der Waals surface area (Å²) >= 11 is 0. The van der Waals surface area contributed by atoms with Gasteiger partial charge in [0.25, 0.3) is 0 Å². The van der Waals surface area contributed by atoms with Crippen molar-refractivity contribution in [1.82, 2.24) is 4.90 Å². The van der Waals surface area contributed by atoms with Gasteiger partial charge in [0, 0.05) is 13.0 Å². The van der Waals surface area contributed by atoms with Crippen molar-refractivity contribution < 1.29 is 29.2 Å². The molecule has 2 heterocycles. The van der Waals surface area contributed by atoms with Crippen LogP contribution in [0, 0.1) is 57.2 Å². The standard InChI is InChI=1S/C38H61NO6/c1-22-37-16-15-36(6)25-9-11-27(33(41)35(4,5)42)44-28(25)20-26(36)24(37)10-12-29-34(2,3)30(13-14-38(22,29)37)45-32-21-39(17-18-43-32)31(40)19-23-7-8-23/h22-30,32-33,41-42H,7-21H2,1-6H3/t22-,24-,25-,26?,27+,28+,29?,30-,32?,33-,36+,37-,38?/m0/s1. The fourth-order valence-corrected chi connectivity index (χ4v) is 13.7. The maximum Gasteiger partial charge on any atom is 0.223 e. The Kier molecular flexibility index (Phi) is 7.28. The van der Waals surface area contributed by atoms with Crippen LogP contribution in [0.4, 0.5) is 0 Å². The Labute approximate surface area is 271 Å². The van der Waals surface area contributed by atoms with E-state index in [1.165, 1.54) is 44.9 Å². The van der Waals surface area contributed by atoms with Crippen LogP contribution >= 0.6 is 0 Å². The highest BCUT2D eigenvalue weighted by atomic mass is 16.7. The number of hydrogen-bond donors (Lipinski definition) is 2. The van der Waals surface area contributed by atoms with E-state index in [0.29, 0.717) is 66.0 Å². The predicted octanol–water partition coefficient (Wildman–Crippen LogP) is 5.94. The van der Waals surface area contributed by atoms with Crippen molar-refractivity contribution >= 4 is 5.91 Å². The molecule has 8 rings (SSSR count). The first-order chi connectivity index (χ1) is 21.2. The highest BCUT2D eigenvalue weighted by Crippen LogP contribution is 2.89. The number of nitrogens with zero attached hydrogens (tertiary/aromatic N) is 1. The fourth-order valence-electron chi connectivity index (χ4n) is 13.7. The molecule has 1 amide bonds. The number of carbonyl (C=O) groups excluding carboxylic acids is 1. The zero-order valence-corrected chi connectivity index (χ0v) is 28.9. The first kappa shape index (κ1) is 31.5. The van der Waals surface area contributed by atoms with E-state index in [2.05, 4.69) is 27.7 Å². The number of morpholine rings is 1. The summed E-state index contributed by atoms with van der Waals surface area (Å²) in [6.45, 7) is 15.4. The summed E-state index contributed by atoms with van der Waals surface area (Å²) in [5.74, 6) is 4.32. The Bertz CT molecular complexity index is 1180. The molecule has 7 heteroatoms. The van der Waals surface area contributed by atoms with Gasteiger partial charge >= 0.3 is 0 Å². The molecule has 8 fully saturated rings. The SMILES string of the molecule is C[C@@H]1C23CC[C@H](OC4CN(C(=O)CC5CC5)CCO4)C(C)(C)C2CC[C@H]2C4C[C@H]5O[C@@H]([C@H](O)C(C)(C)O)CC[C@@H]5[C@@]4(C)CC[C@]123. The van der Waals surface area contributed by atoms with Gasteiger partial charge in [0.05, 0.1) is 37.1 Å². The molecular formula is C38H61NO6. The molecule has 6 saturated carbocycles. The van der Waals surface area contributed by atoms with E-state index >= 15 is 0 Å². The average Bonchev–Trinajstić information content (AvgIpc) is 3.88. The van der Waals surface area contributed by atoms with Crippen LogP contribution in [0.5, 0.6) is 0 Å². The number of rotatable bonds is 6. The number of amides is 1. The molecule has 45 heavy (non-hydrogen) atoms. The second kappa shape index (κ2) is 10.4. The lowest BCUT2D eigenvalue weighted by Gasteiger charge is -2.60. The van der Waals surface area contributed by atoms with E-state index in [-0.39, 0.29) is 35.9 Å². The molecule has 254 valence electrons. The van der Waals surface area contributed by atoms with Gasteiger partial charge in [-0.25, -0.2) is 0 Å². The van der Waals surface area contributed by atoms with Gasteiger partial charge in [0.1, 0.15) is 6.10 Å². The molecule has 2 aliphatic heterocycles. The van der Waals surface area contributed by atoms with Crippen molar-refractivity contribution in [3.8, 4) is 0 Å². The summed E-state index contributed by atoms with van der Waals surface area (Å²) in [6.07, 6.45) is 12.7. The first-order valence-corrected chi connectivity index (χ1v) is 18.8. The third-order valence-corrected chi connectivity index (χ3v) is 16.2. The van der Waals surface area contributed by atoms with Crippen LogP contribution in [0.1, 0.15) is 119 Å². The number of fused-ring (bicyclic) bond motifs is 4. The van der Waals surface area contributed by atoms with Crippen molar-refractivity contribution in [3.05, 3.63) is 0 Å². The molecule has 2 spiro atoms. The molecule has 13 atom stereocenters. The van der Waals surface area contributed by atoms with Gasteiger partial charge in [-0.15, -0.1) is 0 Å². The summed E-state index contributed by atoms with van der Waals surface area (Å²) in [5, 5.41) is 21.4. The molecule has 0 aromatic rings. The number of aliphatic hydroxyl groups excluding tert-OH is 1. The summed E-state index contributed by atoms with van der Waals surface area (Å²) in [4.78, 5) is 14.9. The predicted molar refractivity (Wildman–Crippen MR) is 171 cm³/mol. The van der Waals surface area contributed by atoms with Gasteiger partial charge in [-0.2, -0.15) is 0 Å². The number of hydrogen-bond acceptors (Lipinski definition) is 6. The molecule has 0 radical (unpaired) electrons. The van der Waals surface area contributed by atoms with Gasteiger partial charge in [0.2, 0.25) is 5.91 Å². The zero-order valence-electron chi connectivity index (χ0n) is 28.9. The van der Waals surface area contributed by atoms with E-state index in [1.54, 1.807) is 13.8 Å². The molecule has 0 aromatic carbocycles. The average molecular weight is 628 g/mol. The van der Waals surface area contributed by atoms with E-state index in [1.807, 2.05) is 4.90 Å². The maximum atomic E-state index is 12.9. The van der Waals surface area contributed by atoms with Crippen LogP contribution in [0.3, 0.4) is 0 Å². The van der Waals surface area contributed by atoms with Crippen LogP contribution in [-0.4, -0.2) is 77.0 Å². The van der Waals surface area contributed by atoms with Gasteiger partial charge in [-0.1, -0.05) is 27.7 Å². The van der Waals surface area contributed by atoms with Crippen molar-refractivity contribution in [1.29, 1.82) is 0 Å². The van der Waals surface area contributed by atoms with Crippen LogP contribution in [0.15, 0.2) is 0 Å². The molecule has 7 nitrogen and oxygen atoms in total. The number of carbonyl (C=O) groups is 1. The summed E-state index contributed by atoms with van der Waals surface area (Å²) in [7, 11) is 0. The Morgan fingerprint density at radius 3 is 2.47 bits per heavy atom. The molecule has 0 aromatic heterocycles. The van der Waals surface area contributed by atoms with Crippen LogP contribution in [0.2, 0.25) is 0 Å². The molecular weight excluding hydrogens is 566 g/mol. The van der Waals surface area contributed by atoms with Crippen molar-refractivity contribution in [2.75, 3.05) is 19.7 Å². The lowest BCUT2D eigenvalue weighted by atomic mass is 9.46. The van der Waals surface area contributed by atoms with Crippen LogP contribution in [-0.2, 0) is 19.0 Å². The molecule has 8 aliphatic rings. The van der Waals surface area contributed by atoms with Crippen molar-refractivity contribution in [2.24, 2.45) is 57.2 Å².